The predicted molar refractivity (Wildman–Crippen MR) is 120 cm³/mol. The Hall–Kier alpha value is -3.30. The summed E-state index contributed by atoms with van der Waals surface area (Å²) in [6, 6.07) is 5.35. The van der Waals surface area contributed by atoms with Crippen molar-refractivity contribution in [1.29, 1.82) is 0 Å². The van der Waals surface area contributed by atoms with E-state index in [0.717, 1.165) is 55.7 Å². The summed E-state index contributed by atoms with van der Waals surface area (Å²) in [4.78, 5) is 19.1. The number of nitrogens with one attached hydrogen (secondary N) is 1. The zero-order valence-electron chi connectivity index (χ0n) is 18.8. The Morgan fingerprint density at radius 3 is 2.58 bits per heavy atom. The Morgan fingerprint density at radius 1 is 1.15 bits per heavy atom. The van der Waals surface area contributed by atoms with Crippen LogP contribution >= 0.6 is 0 Å². The van der Waals surface area contributed by atoms with E-state index in [1.807, 2.05) is 24.8 Å². The molecule has 1 fully saturated rings. The fourth-order valence-electron chi connectivity index (χ4n) is 4.19. The van der Waals surface area contributed by atoms with Gasteiger partial charge in [0.15, 0.2) is 12.3 Å². The summed E-state index contributed by atoms with van der Waals surface area (Å²) in [5, 5.41) is 7.61. The van der Waals surface area contributed by atoms with Gasteiger partial charge in [-0.25, -0.2) is 9.67 Å². The van der Waals surface area contributed by atoms with Crippen LogP contribution in [0.15, 0.2) is 24.3 Å². The molecule has 1 saturated heterocycles. The van der Waals surface area contributed by atoms with Crippen molar-refractivity contribution in [2.24, 2.45) is 7.05 Å². The van der Waals surface area contributed by atoms with E-state index in [9.17, 15) is 18.0 Å². The topological polar surface area (TPSA) is 72.3 Å². The Kier molecular flexibility index (Phi) is 6.18. The molecule has 3 heterocycles. The van der Waals surface area contributed by atoms with Crippen LogP contribution in [0.1, 0.15) is 36.1 Å². The van der Waals surface area contributed by atoms with E-state index in [1.54, 1.807) is 11.7 Å². The van der Waals surface area contributed by atoms with Gasteiger partial charge in [-0.3, -0.25) is 4.79 Å². The van der Waals surface area contributed by atoms with Crippen molar-refractivity contribution >= 4 is 28.3 Å². The maximum absolute atomic E-state index is 13.3. The molecule has 0 spiro atoms. The molecule has 1 N–H and O–H groups in total. The van der Waals surface area contributed by atoms with Gasteiger partial charge in [-0.2, -0.15) is 13.2 Å². The quantitative estimate of drug-likeness (QED) is 0.601. The predicted octanol–water partition coefficient (Wildman–Crippen LogP) is 4.61. The van der Waals surface area contributed by atoms with E-state index in [-0.39, 0.29) is 11.6 Å². The van der Waals surface area contributed by atoms with Gasteiger partial charge in [0.05, 0.1) is 22.3 Å². The molecule has 10 heteroatoms. The first kappa shape index (κ1) is 22.9. The number of carbonyl (C=O) groups is 1. The lowest BCUT2D eigenvalue weighted by atomic mass is 10.1. The zero-order chi connectivity index (χ0) is 23.8. The molecule has 0 bridgehead atoms. The van der Waals surface area contributed by atoms with Crippen molar-refractivity contribution in [2.45, 2.75) is 39.3 Å². The van der Waals surface area contributed by atoms with Crippen molar-refractivity contribution < 1.29 is 22.7 Å². The van der Waals surface area contributed by atoms with Gasteiger partial charge in [0.1, 0.15) is 0 Å². The SMILES string of the molecule is Cc1cc(C)c2c(OCC(=O)Nc3cc(C(F)(F)F)ccc3N3CCCCC3)nn(C)c2n1. The van der Waals surface area contributed by atoms with E-state index in [1.165, 1.54) is 6.07 Å². The molecular formula is C23H26F3N5O2. The minimum absolute atomic E-state index is 0.125. The number of piperidine rings is 1. The summed E-state index contributed by atoms with van der Waals surface area (Å²) in [5.41, 5.74) is 2.27. The lowest BCUT2D eigenvalue weighted by Gasteiger charge is -2.31. The number of aryl methyl sites for hydroxylation is 3. The third-order valence-electron chi connectivity index (χ3n) is 5.72. The number of anilines is 2. The second-order valence-corrected chi connectivity index (χ2v) is 8.32. The molecule has 2 aromatic heterocycles. The Balaban J connectivity index is 1.55. The van der Waals surface area contributed by atoms with Crippen molar-refractivity contribution in [1.82, 2.24) is 14.8 Å². The number of hydrogen-bond acceptors (Lipinski definition) is 5. The number of pyridine rings is 1. The summed E-state index contributed by atoms with van der Waals surface area (Å²) in [6.45, 7) is 4.85. The van der Waals surface area contributed by atoms with Crippen LogP contribution in [0.2, 0.25) is 0 Å². The van der Waals surface area contributed by atoms with Crippen LogP contribution in [0.25, 0.3) is 11.0 Å². The van der Waals surface area contributed by atoms with Gasteiger partial charge in [-0.1, -0.05) is 0 Å². The smallest absolute Gasteiger partial charge is 0.416 e. The molecule has 0 unspecified atom stereocenters. The third-order valence-corrected chi connectivity index (χ3v) is 5.72. The van der Waals surface area contributed by atoms with Crippen LogP contribution in [0.4, 0.5) is 24.5 Å². The van der Waals surface area contributed by atoms with Gasteiger partial charge in [0, 0.05) is 25.8 Å². The first-order valence-electron chi connectivity index (χ1n) is 10.8. The van der Waals surface area contributed by atoms with Crippen LogP contribution < -0.4 is 15.0 Å². The average molecular weight is 461 g/mol. The molecule has 4 rings (SSSR count). The molecule has 7 nitrogen and oxygen atoms in total. The molecular weight excluding hydrogens is 435 g/mol. The summed E-state index contributed by atoms with van der Waals surface area (Å²) < 4.78 is 47.1. The van der Waals surface area contributed by atoms with Gasteiger partial charge in [0.2, 0.25) is 5.88 Å². The summed E-state index contributed by atoms with van der Waals surface area (Å²) >= 11 is 0. The highest BCUT2D eigenvalue weighted by Crippen LogP contribution is 2.36. The maximum atomic E-state index is 13.3. The Labute approximate surface area is 189 Å². The summed E-state index contributed by atoms with van der Waals surface area (Å²) in [7, 11) is 1.73. The minimum atomic E-state index is -4.51. The molecule has 1 aliphatic rings. The molecule has 1 aromatic carbocycles. The number of nitrogens with zero attached hydrogens (tertiary/aromatic N) is 4. The summed E-state index contributed by atoms with van der Waals surface area (Å²) in [6.07, 6.45) is -1.52. The van der Waals surface area contributed by atoms with Crippen LogP contribution in [0.3, 0.4) is 0 Å². The van der Waals surface area contributed by atoms with E-state index >= 15 is 0 Å². The largest absolute Gasteiger partial charge is 0.466 e. The Bertz CT molecular complexity index is 1180. The van der Waals surface area contributed by atoms with Crippen LogP contribution in [0, 0.1) is 13.8 Å². The molecule has 1 aliphatic heterocycles. The molecule has 176 valence electrons. The van der Waals surface area contributed by atoms with E-state index in [0.29, 0.717) is 16.7 Å². The van der Waals surface area contributed by atoms with Crippen molar-refractivity contribution in [2.75, 3.05) is 29.9 Å². The fraction of sp³-hybridized carbons (Fsp3) is 0.435. The zero-order valence-corrected chi connectivity index (χ0v) is 18.8. The molecule has 3 aromatic rings. The van der Waals surface area contributed by atoms with Crippen molar-refractivity contribution in [3.8, 4) is 5.88 Å². The normalized spacial score (nSPS) is 14.5. The van der Waals surface area contributed by atoms with Gasteiger partial charge in [0.25, 0.3) is 5.91 Å². The minimum Gasteiger partial charge on any atom is -0.466 e. The molecule has 33 heavy (non-hydrogen) atoms. The highest BCUT2D eigenvalue weighted by molar-refractivity contribution is 5.96. The number of hydrogen-bond donors (Lipinski definition) is 1. The molecule has 0 radical (unpaired) electrons. The Morgan fingerprint density at radius 2 is 1.88 bits per heavy atom. The van der Waals surface area contributed by atoms with Gasteiger partial charge < -0.3 is 15.0 Å². The van der Waals surface area contributed by atoms with Crippen LogP contribution in [-0.4, -0.2) is 40.4 Å². The standard InChI is InChI=1S/C23H26F3N5O2/c1-14-11-15(2)27-21-20(14)22(29-30(21)3)33-13-19(32)28-17-12-16(23(24,25)26)7-8-18(17)31-9-5-4-6-10-31/h7-8,11-12H,4-6,9-10,13H2,1-3H3,(H,28,32). The second-order valence-electron chi connectivity index (χ2n) is 8.32. The fourth-order valence-corrected chi connectivity index (χ4v) is 4.19. The number of amides is 1. The molecule has 0 aliphatic carbocycles. The lowest BCUT2D eigenvalue weighted by molar-refractivity contribution is -0.137. The van der Waals surface area contributed by atoms with E-state index in [2.05, 4.69) is 15.4 Å². The number of fused-ring (bicyclic) bond motifs is 1. The number of halogens is 3. The number of ether oxygens (including phenoxy) is 1. The first-order chi connectivity index (χ1) is 15.6. The van der Waals surface area contributed by atoms with Crippen molar-refractivity contribution in [3.63, 3.8) is 0 Å². The molecule has 0 atom stereocenters. The first-order valence-corrected chi connectivity index (χ1v) is 10.8. The van der Waals surface area contributed by atoms with E-state index in [4.69, 9.17) is 4.74 Å². The number of alkyl halides is 3. The number of carbonyl (C=O) groups excluding carboxylic acids is 1. The van der Waals surface area contributed by atoms with Gasteiger partial charge in [-0.05, 0) is 62.9 Å². The number of rotatable bonds is 5. The number of aromatic nitrogens is 3. The highest BCUT2D eigenvalue weighted by Gasteiger charge is 2.32. The second kappa shape index (κ2) is 8.92. The maximum Gasteiger partial charge on any atom is 0.416 e. The van der Waals surface area contributed by atoms with Crippen LogP contribution in [0.5, 0.6) is 5.88 Å². The molecule has 1 amide bonds. The van der Waals surface area contributed by atoms with Gasteiger partial charge in [-0.15, -0.1) is 5.10 Å². The average Bonchev–Trinajstić information content (AvgIpc) is 3.08. The van der Waals surface area contributed by atoms with E-state index < -0.39 is 24.3 Å². The van der Waals surface area contributed by atoms with Gasteiger partial charge >= 0.3 is 6.18 Å². The highest BCUT2D eigenvalue weighted by atomic mass is 19.4. The van der Waals surface area contributed by atoms with Crippen molar-refractivity contribution in [3.05, 3.63) is 41.1 Å². The monoisotopic (exact) mass is 461 g/mol. The number of benzene rings is 1. The molecule has 0 saturated carbocycles. The summed E-state index contributed by atoms with van der Waals surface area (Å²) in [5.74, 6) is -0.308. The van der Waals surface area contributed by atoms with Crippen LogP contribution in [-0.2, 0) is 18.0 Å². The lowest BCUT2D eigenvalue weighted by Crippen LogP contribution is -2.31. The third kappa shape index (κ3) is 4.89.